The molecule has 1 heterocycles. The van der Waals surface area contributed by atoms with Gasteiger partial charge in [-0.2, -0.15) is 10.2 Å². The molecule has 0 saturated heterocycles. The Morgan fingerprint density at radius 2 is 2.40 bits per heavy atom. The van der Waals surface area contributed by atoms with Crippen LogP contribution in [0.3, 0.4) is 0 Å². The number of rotatable bonds is 2. The highest BCUT2D eigenvalue weighted by Crippen LogP contribution is 1.94. The maximum atomic E-state index is 10.8. The molecule has 3 heteroatoms. The van der Waals surface area contributed by atoms with E-state index in [2.05, 4.69) is 16.8 Å². The zero-order valence-corrected chi connectivity index (χ0v) is 5.32. The van der Waals surface area contributed by atoms with Gasteiger partial charge in [0, 0.05) is 5.56 Å². The molecule has 0 atom stereocenters. The third-order valence-electron chi connectivity index (χ3n) is 1.05. The van der Waals surface area contributed by atoms with Crippen LogP contribution in [0, 0.1) is 0 Å². The van der Waals surface area contributed by atoms with Gasteiger partial charge in [-0.15, -0.1) is 0 Å². The first-order valence-corrected chi connectivity index (χ1v) is 2.78. The van der Waals surface area contributed by atoms with Crippen LogP contribution in [0.5, 0.6) is 0 Å². The molecule has 3 nitrogen and oxygen atoms in total. The van der Waals surface area contributed by atoms with Gasteiger partial charge in [0.05, 0.1) is 12.4 Å². The lowest BCUT2D eigenvalue weighted by molar-refractivity contribution is 0.104. The molecular formula is C7H6N2O. The van der Waals surface area contributed by atoms with Crippen molar-refractivity contribution in [3.05, 3.63) is 36.7 Å². The van der Waals surface area contributed by atoms with Crippen LogP contribution >= 0.6 is 0 Å². The molecule has 10 heavy (non-hydrogen) atoms. The Labute approximate surface area is 58.4 Å². The molecule has 0 radical (unpaired) electrons. The van der Waals surface area contributed by atoms with E-state index in [1.165, 1.54) is 18.5 Å². The van der Waals surface area contributed by atoms with Gasteiger partial charge in [0.15, 0.2) is 5.78 Å². The average Bonchev–Trinajstić information content (AvgIpc) is 2.05. The van der Waals surface area contributed by atoms with Gasteiger partial charge in [-0.05, 0) is 12.1 Å². The number of nitrogens with zero attached hydrogens (tertiary/aromatic N) is 2. The minimum absolute atomic E-state index is 0.130. The largest absolute Gasteiger partial charge is 0.289 e. The number of allylic oxidation sites excluding steroid dienone is 1. The topological polar surface area (TPSA) is 42.9 Å². The van der Waals surface area contributed by atoms with Gasteiger partial charge >= 0.3 is 0 Å². The second kappa shape index (κ2) is 2.87. The van der Waals surface area contributed by atoms with Gasteiger partial charge in [0.25, 0.3) is 0 Å². The van der Waals surface area contributed by atoms with Crippen molar-refractivity contribution in [1.29, 1.82) is 0 Å². The van der Waals surface area contributed by atoms with Crippen molar-refractivity contribution in [2.75, 3.05) is 0 Å². The predicted octanol–water partition coefficient (Wildman–Crippen LogP) is 0.845. The van der Waals surface area contributed by atoms with Crippen molar-refractivity contribution in [1.82, 2.24) is 10.2 Å². The van der Waals surface area contributed by atoms with Crippen LogP contribution in [-0.2, 0) is 0 Å². The summed E-state index contributed by atoms with van der Waals surface area (Å²) in [6, 6.07) is 1.59. The Morgan fingerprint density at radius 1 is 1.60 bits per heavy atom. The molecule has 0 spiro atoms. The van der Waals surface area contributed by atoms with Gasteiger partial charge in [0.1, 0.15) is 0 Å². The van der Waals surface area contributed by atoms with E-state index in [4.69, 9.17) is 0 Å². The molecule has 1 aromatic rings. The highest BCUT2D eigenvalue weighted by atomic mass is 16.1. The standard InChI is InChI=1S/C7H6N2O/c1-2-7(10)6-3-4-8-9-5-6/h2-5H,1H2. The van der Waals surface area contributed by atoms with E-state index in [-0.39, 0.29) is 5.78 Å². The molecule has 0 fully saturated rings. The molecule has 0 aliphatic rings. The number of carbonyl (C=O) groups is 1. The van der Waals surface area contributed by atoms with Crippen molar-refractivity contribution >= 4 is 5.78 Å². The first kappa shape index (κ1) is 6.61. The summed E-state index contributed by atoms with van der Waals surface area (Å²) < 4.78 is 0. The summed E-state index contributed by atoms with van der Waals surface area (Å²) in [5.74, 6) is -0.130. The summed E-state index contributed by atoms with van der Waals surface area (Å²) in [5.41, 5.74) is 0.519. The van der Waals surface area contributed by atoms with Crippen LogP contribution in [0.1, 0.15) is 10.4 Å². The van der Waals surface area contributed by atoms with Crippen molar-refractivity contribution in [2.24, 2.45) is 0 Å². The Kier molecular flexibility index (Phi) is 1.89. The van der Waals surface area contributed by atoms with Crippen LogP contribution in [-0.4, -0.2) is 16.0 Å². The molecule has 0 amide bonds. The number of carbonyl (C=O) groups excluding carboxylic acids is 1. The lowest BCUT2D eigenvalue weighted by atomic mass is 10.2. The fourth-order valence-corrected chi connectivity index (χ4v) is 0.554. The fourth-order valence-electron chi connectivity index (χ4n) is 0.554. The molecule has 0 unspecified atom stereocenters. The van der Waals surface area contributed by atoms with Crippen LogP contribution in [0.15, 0.2) is 31.1 Å². The van der Waals surface area contributed by atoms with E-state index in [9.17, 15) is 4.79 Å². The Morgan fingerprint density at radius 3 is 2.90 bits per heavy atom. The summed E-state index contributed by atoms with van der Waals surface area (Å²) in [6.07, 6.45) is 4.12. The van der Waals surface area contributed by atoms with E-state index in [0.717, 1.165) is 0 Å². The van der Waals surface area contributed by atoms with Gasteiger partial charge in [0.2, 0.25) is 0 Å². The van der Waals surface area contributed by atoms with Gasteiger partial charge in [-0.1, -0.05) is 6.58 Å². The lowest BCUT2D eigenvalue weighted by Crippen LogP contribution is -1.94. The first-order chi connectivity index (χ1) is 4.84. The Balaban J connectivity index is 2.95. The lowest BCUT2D eigenvalue weighted by Gasteiger charge is -1.89. The molecule has 1 aromatic heterocycles. The number of ketones is 1. The predicted molar refractivity (Wildman–Crippen MR) is 36.6 cm³/mol. The summed E-state index contributed by atoms with van der Waals surface area (Å²) in [6.45, 7) is 3.34. The third-order valence-corrected chi connectivity index (χ3v) is 1.05. The SMILES string of the molecule is C=CC(=O)c1ccnnc1. The molecule has 0 N–H and O–H groups in total. The zero-order chi connectivity index (χ0) is 7.40. The molecule has 0 aliphatic heterocycles. The maximum absolute atomic E-state index is 10.8. The molecule has 50 valence electrons. The summed E-state index contributed by atoms with van der Waals surface area (Å²) in [7, 11) is 0. The summed E-state index contributed by atoms with van der Waals surface area (Å²) >= 11 is 0. The zero-order valence-electron chi connectivity index (χ0n) is 5.32. The minimum atomic E-state index is -0.130. The average molecular weight is 134 g/mol. The minimum Gasteiger partial charge on any atom is -0.289 e. The van der Waals surface area contributed by atoms with Crippen molar-refractivity contribution in [3.63, 3.8) is 0 Å². The Hall–Kier alpha value is -1.51. The maximum Gasteiger partial charge on any atom is 0.186 e. The molecule has 0 aromatic carbocycles. The highest BCUT2D eigenvalue weighted by molar-refractivity contribution is 6.03. The molecule has 0 aliphatic carbocycles. The smallest absolute Gasteiger partial charge is 0.186 e. The van der Waals surface area contributed by atoms with Crippen LogP contribution in [0.25, 0.3) is 0 Å². The number of hydrogen-bond acceptors (Lipinski definition) is 3. The molecule has 1 rings (SSSR count). The van der Waals surface area contributed by atoms with Crippen LogP contribution in [0.2, 0.25) is 0 Å². The monoisotopic (exact) mass is 134 g/mol. The van der Waals surface area contributed by atoms with Gasteiger partial charge < -0.3 is 0 Å². The van der Waals surface area contributed by atoms with E-state index >= 15 is 0 Å². The van der Waals surface area contributed by atoms with E-state index < -0.39 is 0 Å². The normalized spacial score (nSPS) is 8.80. The van der Waals surface area contributed by atoms with Crippen molar-refractivity contribution < 1.29 is 4.79 Å². The summed E-state index contributed by atoms with van der Waals surface area (Å²) in [5, 5.41) is 7.06. The van der Waals surface area contributed by atoms with E-state index in [1.54, 1.807) is 6.07 Å². The van der Waals surface area contributed by atoms with Gasteiger partial charge in [-0.3, -0.25) is 4.79 Å². The van der Waals surface area contributed by atoms with Crippen molar-refractivity contribution in [3.8, 4) is 0 Å². The second-order valence-corrected chi connectivity index (χ2v) is 1.70. The number of hydrogen-bond donors (Lipinski definition) is 0. The van der Waals surface area contributed by atoms with Crippen LogP contribution < -0.4 is 0 Å². The van der Waals surface area contributed by atoms with Crippen molar-refractivity contribution in [2.45, 2.75) is 0 Å². The number of aromatic nitrogens is 2. The van der Waals surface area contributed by atoms with Crippen LogP contribution in [0.4, 0.5) is 0 Å². The summed E-state index contributed by atoms with van der Waals surface area (Å²) in [4.78, 5) is 10.8. The first-order valence-electron chi connectivity index (χ1n) is 2.78. The Bertz CT molecular complexity index is 243. The van der Waals surface area contributed by atoms with E-state index in [1.807, 2.05) is 0 Å². The fraction of sp³-hybridized carbons (Fsp3) is 0. The highest BCUT2D eigenvalue weighted by Gasteiger charge is 1.97. The molecule has 0 bridgehead atoms. The molecule has 0 saturated carbocycles. The quantitative estimate of drug-likeness (QED) is 0.444. The second-order valence-electron chi connectivity index (χ2n) is 1.70. The van der Waals surface area contributed by atoms with E-state index in [0.29, 0.717) is 5.56 Å². The van der Waals surface area contributed by atoms with Gasteiger partial charge in [-0.25, -0.2) is 0 Å². The molecular weight excluding hydrogens is 128 g/mol. The third kappa shape index (κ3) is 1.25.